The molecular weight excluding hydrogens is 352 g/mol. The van der Waals surface area contributed by atoms with Gasteiger partial charge in [-0.05, 0) is 48.9 Å². The van der Waals surface area contributed by atoms with Crippen LogP contribution in [0.15, 0.2) is 72.8 Å². The predicted octanol–water partition coefficient (Wildman–Crippen LogP) is 4.63. The summed E-state index contributed by atoms with van der Waals surface area (Å²) in [6, 6.07) is 23.5. The molecule has 0 saturated carbocycles. The van der Waals surface area contributed by atoms with Gasteiger partial charge in [-0.25, -0.2) is 0 Å². The van der Waals surface area contributed by atoms with Crippen molar-refractivity contribution in [2.24, 2.45) is 0 Å². The number of nitriles is 1. The van der Waals surface area contributed by atoms with Crippen LogP contribution in [0.4, 0.5) is 5.69 Å². The Morgan fingerprint density at radius 1 is 1.04 bits per heavy atom. The third kappa shape index (κ3) is 4.49. The van der Waals surface area contributed by atoms with Crippen molar-refractivity contribution < 1.29 is 14.3 Å². The zero-order valence-electron chi connectivity index (χ0n) is 15.7. The minimum absolute atomic E-state index is 0.320. The van der Waals surface area contributed by atoms with Crippen molar-refractivity contribution in [1.82, 2.24) is 0 Å². The first-order valence-electron chi connectivity index (χ1n) is 8.78. The molecule has 1 atom stereocenters. The summed E-state index contributed by atoms with van der Waals surface area (Å²) in [6.07, 6.45) is -0.862. The molecule has 5 heteroatoms. The van der Waals surface area contributed by atoms with E-state index in [9.17, 15) is 4.79 Å². The summed E-state index contributed by atoms with van der Waals surface area (Å²) >= 11 is 0. The van der Waals surface area contributed by atoms with Crippen molar-refractivity contribution in [2.45, 2.75) is 13.0 Å². The molecule has 28 heavy (non-hydrogen) atoms. The lowest BCUT2D eigenvalue weighted by molar-refractivity contribution is -0.123. The molecule has 3 aromatic rings. The standard InChI is InChI=1S/C23H20N2O3/c1-16-8-13-21(27-2)20(14-16)25-23(26)22(18-6-4-3-5-7-18)28-19-11-9-17(15-24)10-12-19/h3-14,22H,1-2H3,(H,25,26)/t22-/m1/s1. The molecule has 1 amide bonds. The molecule has 0 unspecified atom stereocenters. The van der Waals surface area contributed by atoms with Crippen molar-refractivity contribution in [3.8, 4) is 17.6 Å². The highest BCUT2D eigenvalue weighted by Gasteiger charge is 2.24. The average Bonchev–Trinajstić information content (AvgIpc) is 2.73. The van der Waals surface area contributed by atoms with Crippen LogP contribution < -0.4 is 14.8 Å². The van der Waals surface area contributed by atoms with Gasteiger partial charge >= 0.3 is 0 Å². The molecule has 140 valence electrons. The SMILES string of the molecule is COc1ccc(C)cc1NC(=O)[C@H](Oc1ccc(C#N)cc1)c1ccccc1. The first kappa shape index (κ1) is 19.0. The highest BCUT2D eigenvalue weighted by atomic mass is 16.5. The number of hydrogen-bond acceptors (Lipinski definition) is 4. The fourth-order valence-corrected chi connectivity index (χ4v) is 2.76. The number of amides is 1. The summed E-state index contributed by atoms with van der Waals surface area (Å²) in [5.41, 5.74) is 2.82. The fourth-order valence-electron chi connectivity index (χ4n) is 2.76. The Morgan fingerprint density at radius 3 is 2.39 bits per heavy atom. The monoisotopic (exact) mass is 372 g/mol. The molecule has 1 N–H and O–H groups in total. The number of nitrogens with zero attached hydrogens (tertiary/aromatic N) is 1. The number of hydrogen-bond donors (Lipinski definition) is 1. The number of rotatable bonds is 6. The van der Waals surface area contributed by atoms with E-state index in [-0.39, 0.29) is 5.91 Å². The highest BCUT2D eigenvalue weighted by molar-refractivity contribution is 5.96. The second kappa shape index (κ2) is 8.74. The first-order valence-corrected chi connectivity index (χ1v) is 8.78. The van der Waals surface area contributed by atoms with Gasteiger partial charge in [-0.15, -0.1) is 0 Å². The van der Waals surface area contributed by atoms with Crippen LogP contribution in [0.25, 0.3) is 0 Å². The number of methoxy groups -OCH3 is 1. The Hall–Kier alpha value is -3.78. The summed E-state index contributed by atoms with van der Waals surface area (Å²) < 4.78 is 11.3. The van der Waals surface area contributed by atoms with E-state index in [1.165, 1.54) is 0 Å². The van der Waals surface area contributed by atoms with Gasteiger partial charge < -0.3 is 14.8 Å². The maximum atomic E-state index is 13.1. The minimum atomic E-state index is -0.862. The molecule has 0 aromatic heterocycles. The lowest BCUT2D eigenvalue weighted by Gasteiger charge is -2.20. The molecule has 0 aliphatic heterocycles. The van der Waals surface area contributed by atoms with Gasteiger partial charge in [0.05, 0.1) is 24.4 Å². The molecule has 0 saturated heterocycles. The van der Waals surface area contributed by atoms with Crippen LogP contribution in [0.3, 0.4) is 0 Å². The second-order valence-electron chi connectivity index (χ2n) is 6.24. The number of carbonyl (C=O) groups is 1. The van der Waals surface area contributed by atoms with Crippen molar-refractivity contribution in [3.05, 3.63) is 89.5 Å². The normalized spacial score (nSPS) is 11.2. The number of benzene rings is 3. The minimum Gasteiger partial charge on any atom is -0.495 e. The van der Waals surface area contributed by atoms with E-state index in [0.717, 1.165) is 11.1 Å². The van der Waals surface area contributed by atoms with Gasteiger partial charge in [0, 0.05) is 5.56 Å². The largest absolute Gasteiger partial charge is 0.495 e. The maximum absolute atomic E-state index is 13.1. The van der Waals surface area contributed by atoms with Crippen LogP contribution in [0, 0.1) is 18.3 Å². The van der Waals surface area contributed by atoms with E-state index in [1.54, 1.807) is 31.4 Å². The summed E-state index contributed by atoms with van der Waals surface area (Å²) in [5, 5.41) is 11.8. The Labute approximate surface area is 164 Å². The van der Waals surface area contributed by atoms with E-state index in [2.05, 4.69) is 11.4 Å². The van der Waals surface area contributed by atoms with E-state index < -0.39 is 6.10 Å². The molecule has 0 fully saturated rings. The van der Waals surface area contributed by atoms with Crippen molar-refractivity contribution in [2.75, 3.05) is 12.4 Å². The first-order chi connectivity index (χ1) is 13.6. The molecule has 0 spiro atoms. The van der Waals surface area contributed by atoms with Crippen LogP contribution in [-0.4, -0.2) is 13.0 Å². The number of nitrogens with one attached hydrogen (secondary N) is 1. The van der Waals surface area contributed by atoms with Gasteiger partial charge in [0.25, 0.3) is 5.91 Å². The Bertz CT molecular complexity index is 993. The van der Waals surface area contributed by atoms with Crippen LogP contribution >= 0.6 is 0 Å². The van der Waals surface area contributed by atoms with Crippen molar-refractivity contribution in [1.29, 1.82) is 5.26 Å². The quantitative estimate of drug-likeness (QED) is 0.684. The molecule has 3 rings (SSSR count). The van der Waals surface area contributed by atoms with E-state index >= 15 is 0 Å². The van der Waals surface area contributed by atoms with Crippen molar-refractivity contribution >= 4 is 11.6 Å². The van der Waals surface area contributed by atoms with Crippen LogP contribution in [0.5, 0.6) is 11.5 Å². The molecule has 0 aliphatic rings. The molecule has 0 radical (unpaired) electrons. The predicted molar refractivity (Wildman–Crippen MR) is 107 cm³/mol. The van der Waals surface area contributed by atoms with Gasteiger partial charge in [-0.3, -0.25) is 4.79 Å². The zero-order chi connectivity index (χ0) is 19.9. The van der Waals surface area contributed by atoms with Gasteiger partial charge in [-0.2, -0.15) is 5.26 Å². The van der Waals surface area contributed by atoms with E-state index in [0.29, 0.717) is 22.7 Å². The molecule has 3 aromatic carbocycles. The molecule has 5 nitrogen and oxygen atoms in total. The van der Waals surface area contributed by atoms with Gasteiger partial charge in [0.1, 0.15) is 11.5 Å². The van der Waals surface area contributed by atoms with Crippen LogP contribution in [0.1, 0.15) is 22.8 Å². The third-order valence-corrected chi connectivity index (χ3v) is 4.19. The second-order valence-corrected chi connectivity index (χ2v) is 6.24. The van der Waals surface area contributed by atoms with Gasteiger partial charge in [0.15, 0.2) is 0 Å². The molecule has 0 heterocycles. The number of anilines is 1. The number of aryl methyl sites for hydroxylation is 1. The molecule has 0 bridgehead atoms. The fraction of sp³-hybridized carbons (Fsp3) is 0.130. The van der Waals surface area contributed by atoms with Crippen LogP contribution in [-0.2, 0) is 4.79 Å². The lowest BCUT2D eigenvalue weighted by Crippen LogP contribution is -2.26. The summed E-state index contributed by atoms with van der Waals surface area (Å²) in [6.45, 7) is 1.94. The smallest absolute Gasteiger partial charge is 0.270 e. The highest BCUT2D eigenvalue weighted by Crippen LogP contribution is 2.28. The summed E-state index contributed by atoms with van der Waals surface area (Å²) in [7, 11) is 1.56. The van der Waals surface area contributed by atoms with Gasteiger partial charge in [0.2, 0.25) is 6.10 Å². The third-order valence-electron chi connectivity index (χ3n) is 4.19. The number of ether oxygens (including phenoxy) is 2. The summed E-state index contributed by atoms with van der Waals surface area (Å²) in [4.78, 5) is 13.1. The Balaban J connectivity index is 1.89. The molecular formula is C23H20N2O3. The average molecular weight is 372 g/mol. The van der Waals surface area contributed by atoms with Gasteiger partial charge in [-0.1, -0.05) is 36.4 Å². The topological polar surface area (TPSA) is 71.3 Å². The molecule has 0 aliphatic carbocycles. The van der Waals surface area contributed by atoms with E-state index in [4.69, 9.17) is 14.7 Å². The van der Waals surface area contributed by atoms with Crippen LogP contribution in [0.2, 0.25) is 0 Å². The summed E-state index contributed by atoms with van der Waals surface area (Å²) in [5.74, 6) is 0.753. The maximum Gasteiger partial charge on any atom is 0.270 e. The zero-order valence-corrected chi connectivity index (χ0v) is 15.7. The van der Waals surface area contributed by atoms with Crippen molar-refractivity contribution in [3.63, 3.8) is 0 Å². The Morgan fingerprint density at radius 2 is 1.75 bits per heavy atom. The number of carbonyl (C=O) groups excluding carboxylic acids is 1. The Kier molecular flexibility index (Phi) is 5.93. The lowest BCUT2D eigenvalue weighted by atomic mass is 10.1. The van der Waals surface area contributed by atoms with E-state index in [1.807, 2.05) is 55.5 Å².